The van der Waals surface area contributed by atoms with Crippen molar-refractivity contribution in [2.75, 3.05) is 26.2 Å². The average molecular weight is 378 g/mol. The third kappa shape index (κ3) is 5.27. The van der Waals surface area contributed by atoms with Crippen LogP contribution in [0.3, 0.4) is 0 Å². The summed E-state index contributed by atoms with van der Waals surface area (Å²) in [6.45, 7) is 5.84. The van der Waals surface area contributed by atoms with Crippen molar-refractivity contribution >= 4 is 17.2 Å². The van der Waals surface area contributed by atoms with Crippen LogP contribution in [0, 0.1) is 6.92 Å². The van der Waals surface area contributed by atoms with E-state index in [2.05, 4.69) is 40.6 Å². The molecule has 1 fully saturated rings. The smallest absolute Gasteiger partial charge is 0.272 e. The van der Waals surface area contributed by atoms with Crippen molar-refractivity contribution < 1.29 is 4.79 Å². The Morgan fingerprint density at radius 1 is 1.07 bits per heavy atom. The van der Waals surface area contributed by atoms with Crippen molar-refractivity contribution in [3.05, 3.63) is 75.7 Å². The van der Waals surface area contributed by atoms with E-state index in [-0.39, 0.29) is 5.56 Å². The predicted octanol–water partition coefficient (Wildman–Crippen LogP) is 2.26. The van der Waals surface area contributed by atoms with E-state index in [4.69, 9.17) is 0 Å². The number of aryl methyl sites for hydroxylation is 1. The number of aromatic amines is 1. The molecule has 0 aliphatic carbocycles. The fourth-order valence-electron chi connectivity index (χ4n) is 3.29. The van der Waals surface area contributed by atoms with Crippen LogP contribution in [-0.4, -0.2) is 47.7 Å². The number of carbonyl (C=O) groups excluding carboxylic acids is 1. The van der Waals surface area contributed by atoms with Crippen molar-refractivity contribution in [2.45, 2.75) is 19.8 Å². The molecule has 2 heterocycles. The summed E-state index contributed by atoms with van der Waals surface area (Å²) in [5.41, 5.74) is 3.19. The summed E-state index contributed by atoms with van der Waals surface area (Å²) in [5, 5.41) is 11.6. The Balaban J connectivity index is 0.000000211. The third-order valence-electron chi connectivity index (χ3n) is 4.75. The first-order chi connectivity index (χ1) is 13.7. The summed E-state index contributed by atoms with van der Waals surface area (Å²) in [7, 11) is 0. The molecule has 0 bridgehead atoms. The number of nitrogens with one attached hydrogen (secondary N) is 2. The maximum absolute atomic E-state index is 11.7. The molecule has 0 spiro atoms. The van der Waals surface area contributed by atoms with Crippen molar-refractivity contribution in [2.24, 2.45) is 0 Å². The molecular formula is C22H26N4O2. The molecule has 1 aromatic heterocycles. The highest BCUT2D eigenvalue weighted by atomic mass is 16.1. The van der Waals surface area contributed by atoms with Gasteiger partial charge >= 0.3 is 0 Å². The minimum Gasteiger partial charge on any atom is -0.344 e. The molecule has 1 aliphatic rings. The highest BCUT2D eigenvalue weighted by molar-refractivity contribution is 5.83. The Morgan fingerprint density at radius 2 is 1.89 bits per heavy atom. The van der Waals surface area contributed by atoms with E-state index in [1.165, 1.54) is 11.1 Å². The molecule has 2 aromatic carbocycles. The zero-order valence-corrected chi connectivity index (χ0v) is 16.1. The number of nitrogens with zero attached hydrogens (tertiary/aromatic N) is 2. The van der Waals surface area contributed by atoms with Crippen molar-refractivity contribution in [1.82, 2.24) is 20.4 Å². The van der Waals surface area contributed by atoms with Crippen molar-refractivity contribution in [3.63, 3.8) is 0 Å². The topological polar surface area (TPSA) is 78.1 Å². The summed E-state index contributed by atoms with van der Waals surface area (Å²) >= 11 is 0. The van der Waals surface area contributed by atoms with Crippen LogP contribution < -0.4 is 10.9 Å². The van der Waals surface area contributed by atoms with Crippen LogP contribution >= 0.6 is 0 Å². The third-order valence-corrected chi connectivity index (χ3v) is 4.75. The second kappa shape index (κ2) is 9.80. The number of hydrogen-bond acceptors (Lipinski definition) is 4. The van der Waals surface area contributed by atoms with E-state index in [0.717, 1.165) is 56.5 Å². The summed E-state index contributed by atoms with van der Waals surface area (Å²) in [4.78, 5) is 23.7. The zero-order valence-electron chi connectivity index (χ0n) is 16.1. The molecule has 6 heteroatoms. The Morgan fingerprint density at radius 3 is 2.68 bits per heavy atom. The van der Waals surface area contributed by atoms with E-state index in [1.807, 2.05) is 30.3 Å². The molecule has 0 radical (unpaired) electrons. The van der Waals surface area contributed by atoms with E-state index < -0.39 is 0 Å². The van der Waals surface area contributed by atoms with Crippen LogP contribution in [0.25, 0.3) is 10.8 Å². The molecule has 0 unspecified atom stereocenters. The summed E-state index contributed by atoms with van der Waals surface area (Å²) in [6, 6.07) is 15.9. The molecular weight excluding hydrogens is 352 g/mol. The molecule has 6 nitrogen and oxygen atoms in total. The zero-order chi connectivity index (χ0) is 19.8. The first kappa shape index (κ1) is 19.8. The fraction of sp³-hybridized carbons (Fsp3) is 0.318. The number of amides is 1. The lowest BCUT2D eigenvalue weighted by molar-refractivity contribution is -0.117. The van der Waals surface area contributed by atoms with Gasteiger partial charge in [0.2, 0.25) is 6.41 Å². The van der Waals surface area contributed by atoms with Gasteiger partial charge in [0.25, 0.3) is 5.56 Å². The van der Waals surface area contributed by atoms with E-state index in [1.54, 1.807) is 4.90 Å². The lowest BCUT2D eigenvalue weighted by Crippen LogP contribution is -2.26. The summed E-state index contributed by atoms with van der Waals surface area (Å²) < 4.78 is 0. The number of hydrogen-bond donors (Lipinski definition) is 2. The number of benzene rings is 2. The van der Waals surface area contributed by atoms with Crippen LogP contribution in [0.1, 0.15) is 23.2 Å². The highest BCUT2D eigenvalue weighted by Gasteiger charge is 2.06. The molecule has 28 heavy (non-hydrogen) atoms. The van der Waals surface area contributed by atoms with Crippen LogP contribution in [0.15, 0.2) is 53.3 Å². The van der Waals surface area contributed by atoms with E-state index in [9.17, 15) is 9.59 Å². The van der Waals surface area contributed by atoms with Crippen molar-refractivity contribution in [3.8, 4) is 0 Å². The highest BCUT2D eigenvalue weighted by Crippen LogP contribution is 2.16. The van der Waals surface area contributed by atoms with Gasteiger partial charge in [-0.25, -0.2) is 5.10 Å². The van der Waals surface area contributed by atoms with Gasteiger partial charge in [0.1, 0.15) is 0 Å². The molecule has 2 N–H and O–H groups in total. The van der Waals surface area contributed by atoms with Gasteiger partial charge < -0.3 is 10.2 Å². The first-order valence-corrected chi connectivity index (χ1v) is 9.59. The lowest BCUT2D eigenvalue weighted by Gasteiger charge is -2.11. The number of rotatable bonds is 3. The molecule has 0 saturated carbocycles. The SMILES string of the molecule is Cc1cccc(Cc2n[nH]c(=O)c3ccccc23)c1.O=CN1CCCNCC1. The van der Waals surface area contributed by atoms with Gasteiger partial charge in [-0.1, -0.05) is 48.0 Å². The van der Waals surface area contributed by atoms with Gasteiger partial charge in [0, 0.05) is 31.4 Å². The second-order valence-corrected chi connectivity index (χ2v) is 6.96. The Labute approximate surface area is 164 Å². The summed E-state index contributed by atoms with van der Waals surface area (Å²) in [6.07, 6.45) is 2.73. The van der Waals surface area contributed by atoms with Gasteiger partial charge in [-0.3, -0.25) is 9.59 Å². The minimum atomic E-state index is -0.136. The maximum Gasteiger partial charge on any atom is 0.272 e. The lowest BCUT2D eigenvalue weighted by atomic mass is 10.0. The standard InChI is InChI=1S/C16H14N2O.C6H12N2O/c1-11-5-4-6-12(9-11)10-15-13-7-2-3-8-14(13)16(19)18-17-15;9-6-8-4-1-2-7-3-5-8/h2-9H,10H2,1H3,(H,18,19);6-7H,1-5H2. The normalized spacial score (nSPS) is 14.1. The fourth-order valence-corrected chi connectivity index (χ4v) is 3.29. The number of aromatic nitrogens is 2. The number of carbonyl (C=O) groups is 1. The van der Waals surface area contributed by atoms with Gasteiger partial charge in [-0.15, -0.1) is 0 Å². The molecule has 1 saturated heterocycles. The largest absolute Gasteiger partial charge is 0.344 e. The van der Waals surface area contributed by atoms with Crippen LogP contribution in [-0.2, 0) is 11.2 Å². The van der Waals surface area contributed by atoms with Gasteiger partial charge in [-0.2, -0.15) is 5.10 Å². The van der Waals surface area contributed by atoms with E-state index in [0.29, 0.717) is 5.39 Å². The van der Waals surface area contributed by atoms with Crippen molar-refractivity contribution in [1.29, 1.82) is 0 Å². The van der Waals surface area contributed by atoms with Gasteiger partial charge in [0.05, 0.1) is 11.1 Å². The second-order valence-electron chi connectivity index (χ2n) is 6.96. The van der Waals surface area contributed by atoms with Gasteiger partial charge in [-0.05, 0) is 31.5 Å². The number of H-pyrrole nitrogens is 1. The van der Waals surface area contributed by atoms with Crippen LogP contribution in [0.2, 0.25) is 0 Å². The molecule has 146 valence electrons. The van der Waals surface area contributed by atoms with E-state index >= 15 is 0 Å². The molecule has 1 aliphatic heterocycles. The Bertz CT molecular complexity index is 975. The number of fused-ring (bicyclic) bond motifs is 1. The minimum absolute atomic E-state index is 0.136. The molecule has 0 atom stereocenters. The molecule has 3 aromatic rings. The van der Waals surface area contributed by atoms with Crippen LogP contribution in [0.5, 0.6) is 0 Å². The predicted molar refractivity (Wildman–Crippen MR) is 111 cm³/mol. The van der Waals surface area contributed by atoms with Gasteiger partial charge in [0.15, 0.2) is 0 Å². The first-order valence-electron chi connectivity index (χ1n) is 9.59. The summed E-state index contributed by atoms with van der Waals surface area (Å²) in [5.74, 6) is 0. The monoisotopic (exact) mass is 378 g/mol. The maximum atomic E-state index is 11.7. The molecule has 1 amide bonds. The quantitative estimate of drug-likeness (QED) is 0.686. The van der Waals surface area contributed by atoms with Crippen LogP contribution in [0.4, 0.5) is 0 Å². The average Bonchev–Trinajstić information content (AvgIpc) is 3.00. The molecule has 4 rings (SSSR count). The Hall–Kier alpha value is -2.99. The Kier molecular flexibility index (Phi) is 6.92.